The average Bonchev–Trinajstić information content (AvgIpc) is 2.39. The first-order valence-electron chi connectivity index (χ1n) is 5.83. The molecule has 0 spiro atoms. The summed E-state index contributed by atoms with van der Waals surface area (Å²) in [5.74, 6) is 0. The summed E-state index contributed by atoms with van der Waals surface area (Å²) >= 11 is 2.33. The third-order valence-electron chi connectivity index (χ3n) is 2.89. The van der Waals surface area contributed by atoms with Gasteiger partial charge in [-0.25, -0.2) is 0 Å². The lowest BCUT2D eigenvalue weighted by Crippen LogP contribution is -1.91. The summed E-state index contributed by atoms with van der Waals surface area (Å²) in [5, 5.41) is 5.99. The Labute approximate surface area is 120 Å². The Kier molecular flexibility index (Phi) is 3.19. The van der Waals surface area contributed by atoms with E-state index in [2.05, 4.69) is 94.6 Å². The first-order valence-corrected chi connectivity index (χ1v) is 6.91. The second-order valence-corrected chi connectivity index (χ2v) is 5.41. The van der Waals surface area contributed by atoms with Crippen molar-refractivity contribution in [3.63, 3.8) is 0 Å². The van der Waals surface area contributed by atoms with Gasteiger partial charge in [0.05, 0.1) is 0 Å². The topological polar surface area (TPSA) is 12.0 Å². The van der Waals surface area contributed by atoms with Crippen molar-refractivity contribution in [2.75, 3.05) is 5.32 Å². The highest BCUT2D eigenvalue weighted by atomic mass is 127. The van der Waals surface area contributed by atoms with E-state index < -0.39 is 0 Å². The Morgan fingerprint density at radius 1 is 0.778 bits per heavy atom. The third-order valence-corrected chi connectivity index (χ3v) is 3.56. The molecule has 0 amide bonds. The van der Waals surface area contributed by atoms with Crippen LogP contribution >= 0.6 is 22.6 Å². The van der Waals surface area contributed by atoms with E-state index in [0.29, 0.717) is 0 Å². The monoisotopic (exact) mass is 345 g/mol. The largest absolute Gasteiger partial charge is 0.355 e. The molecule has 0 fully saturated rings. The van der Waals surface area contributed by atoms with Crippen LogP contribution in [0, 0.1) is 3.57 Å². The van der Waals surface area contributed by atoms with Gasteiger partial charge in [0.1, 0.15) is 0 Å². The van der Waals surface area contributed by atoms with Gasteiger partial charge in [0.2, 0.25) is 0 Å². The van der Waals surface area contributed by atoms with E-state index in [1.165, 1.54) is 14.3 Å². The van der Waals surface area contributed by atoms with E-state index in [1.54, 1.807) is 0 Å². The van der Waals surface area contributed by atoms with Crippen LogP contribution in [0.4, 0.5) is 11.4 Å². The summed E-state index contributed by atoms with van der Waals surface area (Å²) in [6, 6.07) is 23.1. The van der Waals surface area contributed by atoms with Gasteiger partial charge in [-0.1, -0.05) is 42.5 Å². The number of hydrogen-bond donors (Lipinski definition) is 1. The van der Waals surface area contributed by atoms with Crippen molar-refractivity contribution in [3.8, 4) is 0 Å². The maximum atomic E-state index is 3.48. The number of halogens is 1. The number of fused-ring (bicyclic) bond motifs is 1. The summed E-state index contributed by atoms with van der Waals surface area (Å²) in [5.41, 5.74) is 2.27. The van der Waals surface area contributed by atoms with Crippen LogP contribution in [-0.2, 0) is 0 Å². The van der Waals surface area contributed by atoms with Crippen molar-refractivity contribution < 1.29 is 0 Å². The molecule has 0 heterocycles. The summed E-state index contributed by atoms with van der Waals surface area (Å²) in [7, 11) is 0. The molecule has 0 aromatic heterocycles. The minimum Gasteiger partial charge on any atom is -0.355 e. The van der Waals surface area contributed by atoms with Crippen LogP contribution in [0.3, 0.4) is 0 Å². The highest BCUT2D eigenvalue weighted by Gasteiger charge is 2.00. The molecular weight excluding hydrogens is 333 g/mol. The van der Waals surface area contributed by atoms with Crippen molar-refractivity contribution in [2.24, 2.45) is 0 Å². The van der Waals surface area contributed by atoms with E-state index in [-0.39, 0.29) is 0 Å². The third kappa shape index (κ3) is 2.34. The summed E-state index contributed by atoms with van der Waals surface area (Å²) in [6.45, 7) is 0. The van der Waals surface area contributed by atoms with Crippen LogP contribution in [0.5, 0.6) is 0 Å². The van der Waals surface area contributed by atoms with E-state index in [9.17, 15) is 0 Å². The second-order valence-electron chi connectivity index (χ2n) is 4.16. The molecule has 0 bridgehead atoms. The van der Waals surface area contributed by atoms with Gasteiger partial charge in [-0.15, -0.1) is 0 Å². The molecule has 2 heteroatoms. The van der Waals surface area contributed by atoms with Crippen molar-refractivity contribution >= 4 is 44.7 Å². The van der Waals surface area contributed by atoms with Crippen LogP contribution in [-0.4, -0.2) is 0 Å². The molecule has 0 saturated heterocycles. The molecule has 3 aromatic rings. The van der Waals surface area contributed by atoms with E-state index in [1.807, 2.05) is 0 Å². The number of nitrogens with one attached hydrogen (secondary N) is 1. The first kappa shape index (κ1) is 11.5. The first-order chi connectivity index (χ1) is 8.83. The smallest absolute Gasteiger partial charge is 0.0463 e. The van der Waals surface area contributed by atoms with E-state index in [0.717, 1.165) is 11.4 Å². The summed E-state index contributed by atoms with van der Waals surface area (Å²) < 4.78 is 1.23. The van der Waals surface area contributed by atoms with Crippen LogP contribution < -0.4 is 5.32 Å². The molecule has 0 unspecified atom stereocenters. The Morgan fingerprint density at radius 2 is 1.56 bits per heavy atom. The van der Waals surface area contributed by atoms with Crippen LogP contribution in [0.15, 0.2) is 66.7 Å². The zero-order valence-electron chi connectivity index (χ0n) is 9.73. The second kappa shape index (κ2) is 4.98. The lowest BCUT2D eigenvalue weighted by Gasteiger charge is -2.10. The number of rotatable bonds is 2. The van der Waals surface area contributed by atoms with Crippen molar-refractivity contribution in [2.45, 2.75) is 0 Å². The Hall–Kier alpha value is -1.55. The minimum atomic E-state index is 1.12. The van der Waals surface area contributed by atoms with Gasteiger partial charge in [-0.3, -0.25) is 0 Å². The van der Waals surface area contributed by atoms with Gasteiger partial charge in [0, 0.05) is 20.3 Å². The Balaban J connectivity index is 2.05. The number of benzene rings is 3. The molecule has 0 saturated carbocycles. The van der Waals surface area contributed by atoms with Gasteiger partial charge in [0.15, 0.2) is 0 Å². The van der Waals surface area contributed by atoms with Crippen LogP contribution in [0.1, 0.15) is 0 Å². The molecular formula is C16H12IN. The van der Waals surface area contributed by atoms with E-state index >= 15 is 0 Å². The molecule has 1 N–H and O–H groups in total. The van der Waals surface area contributed by atoms with Crippen LogP contribution in [0.2, 0.25) is 0 Å². The molecule has 3 aromatic carbocycles. The zero-order valence-corrected chi connectivity index (χ0v) is 11.9. The fourth-order valence-corrected chi connectivity index (χ4v) is 2.60. The molecule has 3 rings (SSSR count). The molecule has 0 aliphatic carbocycles. The summed E-state index contributed by atoms with van der Waals surface area (Å²) in [6.07, 6.45) is 0. The molecule has 0 aliphatic rings. The number of hydrogen-bond acceptors (Lipinski definition) is 1. The van der Waals surface area contributed by atoms with Gasteiger partial charge in [-0.2, -0.15) is 0 Å². The molecule has 0 atom stereocenters. The average molecular weight is 345 g/mol. The maximum absolute atomic E-state index is 3.48. The standard InChI is InChI=1S/C16H12IN/c17-13-7-4-8-14(11-13)18-16-10-3-6-12-5-1-2-9-15(12)16/h1-11,18H. The summed E-state index contributed by atoms with van der Waals surface area (Å²) in [4.78, 5) is 0. The number of anilines is 2. The Bertz CT molecular complexity index is 686. The minimum absolute atomic E-state index is 1.12. The van der Waals surface area contributed by atoms with Crippen LogP contribution in [0.25, 0.3) is 10.8 Å². The van der Waals surface area contributed by atoms with E-state index in [4.69, 9.17) is 0 Å². The van der Waals surface area contributed by atoms with Gasteiger partial charge < -0.3 is 5.32 Å². The fraction of sp³-hybridized carbons (Fsp3) is 0. The predicted octanol–water partition coefficient (Wildman–Crippen LogP) is 5.19. The highest BCUT2D eigenvalue weighted by Crippen LogP contribution is 2.26. The van der Waals surface area contributed by atoms with Gasteiger partial charge >= 0.3 is 0 Å². The zero-order chi connectivity index (χ0) is 12.4. The van der Waals surface area contributed by atoms with Gasteiger partial charge in [-0.05, 0) is 52.2 Å². The molecule has 88 valence electrons. The molecule has 0 aliphatic heterocycles. The van der Waals surface area contributed by atoms with Crippen molar-refractivity contribution in [1.29, 1.82) is 0 Å². The maximum Gasteiger partial charge on any atom is 0.0463 e. The lowest BCUT2D eigenvalue weighted by molar-refractivity contribution is 1.55. The lowest BCUT2D eigenvalue weighted by atomic mass is 10.1. The predicted molar refractivity (Wildman–Crippen MR) is 86.4 cm³/mol. The molecule has 18 heavy (non-hydrogen) atoms. The van der Waals surface area contributed by atoms with Crippen molar-refractivity contribution in [1.82, 2.24) is 0 Å². The SMILES string of the molecule is Ic1cccc(Nc2cccc3ccccc23)c1. The molecule has 1 nitrogen and oxygen atoms in total. The molecule has 0 radical (unpaired) electrons. The Morgan fingerprint density at radius 3 is 2.44 bits per heavy atom. The van der Waals surface area contributed by atoms with Gasteiger partial charge in [0.25, 0.3) is 0 Å². The van der Waals surface area contributed by atoms with Crippen molar-refractivity contribution in [3.05, 3.63) is 70.3 Å². The fourth-order valence-electron chi connectivity index (χ4n) is 2.06. The highest BCUT2D eigenvalue weighted by molar-refractivity contribution is 14.1. The normalized spacial score (nSPS) is 10.5. The quantitative estimate of drug-likeness (QED) is 0.631.